The van der Waals surface area contributed by atoms with E-state index in [-0.39, 0.29) is 11.8 Å². The number of benzene rings is 1. The van der Waals surface area contributed by atoms with Gasteiger partial charge in [-0.25, -0.2) is 0 Å². The highest BCUT2D eigenvalue weighted by Gasteiger charge is 2.54. The van der Waals surface area contributed by atoms with Crippen molar-refractivity contribution < 1.29 is 24.1 Å². The van der Waals surface area contributed by atoms with Crippen LogP contribution in [0.3, 0.4) is 0 Å². The maximum Gasteiger partial charge on any atom is 0.248 e. The lowest BCUT2D eigenvalue weighted by Gasteiger charge is -2.57. The van der Waals surface area contributed by atoms with Gasteiger partial charge >= 0.3 is 0 Å². The molecule has 0 radical (unpaired) electrons. The van der Waals surface area contributed by atoms with E-state index < -0.39 is 11.5 Å². The molecule has 0 aliphatic carbocycles. The number of ether oxygens (including phenoxy) is 3. The molecule has 0 unspecified atom stereocenters. The van der Waals surface area contributed by atoms with Crippen LogP contribution in [0.1, 0.15) is 29.6 Å². The molecular formula is C21H30N2O5. The summed E-state index contributed by atoms with van der Waals surface area (Å²) in [6, 6.07) is 7.27. The van der Waals surface area contributed by atoms with Crippen LogP contribution >= 0.6 is 0 Å². The largest absolute Gasteiger partial charge is 0.494 e. The Morgan fingerprint density at radius 2 is 2.04 bits per heavy atom. The molecule has 3 aliphatic heterocycles. The minimum absolute atomic E-state index is 0.145. The number of hydrogen-bond donors (Lipinski definition) is 2. The minimum atomic E-state index is -0.654. The molecule has 0 saturated carbocycles. The highest BCUT2D eigenvalue weighted by Crippen LogP contribution is 2.44. The van der Waals surface area contributed by atoms with Crippen molar-refractivity contribution in [2.24, 2.45) is 17.6 Å². The number of rotatable bonds is 6. The lowest BCUT2D eigenvalue weighted by atomic mass is 9.66. The number of carbonyl (C=O) groups is 1. The average molecular weight is 390 g/mol. The molecule has 0 aromatic heterocycles. The first kappa shape index (κ1) is 19.6. The van der Waals surface area contributed by atoms with Gasteiger partial charge in [-0.05, 0) is 37.1 Å². The van der Waals surface area contributed by atoms with Crippen LogP contribution < -0.4 is 10.5 Å². The monoisotopic (exact) mass is 390 g/mol. The molecular weight excluding hydrogens is 360 g/mol. The van der Waals surface area contributed by atoms with E-state index in [2.05, 4.69) is 4.90 Å². The Morgan fingerprint density at radius 3 is 2.82 bits per heavy atom. The van der Waals surface area contributed by atoms with E-state index in [0.717, 1.165) is 38.3 Å². The van der Waals surface area contributed by atoms with Crippen LogP contribution in [-0.4, -0.2) is 73.7 Å². The number of hydrogen-bond acceptors (Lipinski definition) is 6. The summed E-state index contributed by atoms with van der Waals surface area (Å²) in [6.45, 7) is 5.05. The zero-order valence-corrected chi connectivity index (χ0v) is 16.2. The summed E-state index contributed by atoms with van der Waals surface area (Å²) in [5, 5.41) is 11.3. The second-order valence-electron chi connectivity index (χ2n) is 8.14. The van der Waals surface area contributed by atoms with Gasteiger partial charge in [0.05, 0.1) is 25.4 Å². The molecule has 154 valence electrons. The first-order chi connectivity index (χ1) is 13.6. The fourth-order valence-electron chi connectivity index (χ4n) is 5.00. The molecule has 3 aliphatic rings. The Bertz CT molecular complexity index is 682. The van der Waals surface area contributed by atoms with Crippen LogP contribution in [0.15, 0.2) is 24.3 Å². The Labute approximate surface area is 165 Å². The van der Waals surface area contributed by atoms with Crippen molar-refractivity contribution in [3.8, 4) is 5.75 Å². The fourth-order valence-corrected chi connectivity index (χ4v) is 5.00. The Hall–Kier alpha value is -1.67. The van der Waals surface area contributed by atoms with Gasteiger partial charge in [0.2, 0.25) is 5.91 Å². The quantitative estimate of drug-likeness (QED) is 0.705. The van der Waals surface area contributed by atoms with Gasteiger partial charge in [0, 0.05) is 56.2 Å². The number of primary amides is 1. The second-order valence-corrected chi connectivity index (χ2v) is 8.14. The van der Waals surface area contributed by atoms with Crippen molar-refractivity contribution in [1.82, 2.24) is 4.90 Å². The molecule has 4 atom stereocenters. The van der Waals surface area contributed by atoms with Crippen molar-refractivity contribution in [3.05, 3.63) is 29.8 Å². The zero-order valence-electron chi connectivity index (χ0n) is 16.2. The summed E-state index contributed by atoms with van der Waals surface area (Å²) < 4.78 is 17.2. The van der Waals surface area contributed by atoms with Gasteiger partial charge in [-0.1, -0.05) is 0 Å². The summed E-state index contributed by atoms with van der Waals surface area (Å²) in [5.74, 6) is 0.606. The molecule has 1 aromatic rings. The van der Waals surface area contributed by atoms with Gasteiger partial charge in [0.25, 0.3) is 0 Å². The van der Waals surface area contributed by atoms with Gasteiger partial charge in [-0.2, -0.15) is 0 Å². The third-order valence-corrected chi connectivity index (χ3v) is 6.56. The number of piperidine rings is 1. The zero-order chi connectivity index (χ0) is 19.6. The van der Waals surface area contributed by atoms with Crippen LogP contribution in [0.4, 0.5) is 0 Å². The summed E-state index contributed by atoms with van der Waals surface area (Å²) >= 11 is 0. The van der Waals surface area contributed by atoms with Gasteiger partial charge < -0.3 is 25.1 Å². The van der Waals surface area contributed by atoms with Gasteiger partial charge in [-0.15, -0.1) is 0 Å². The van der Waals surface area contributed by atoms with E-state index in [1.165, 1.54) is 0 Å². The van der Waals surface area contributed by atoms with Crippen molar-refractivity contribution in [2.45, 2.75) is 30.9 Å². The molecule has 3 N–H and O–H groups in total. The summed E-state index contributed by atoms with van der Waals surface area (Å²) in [6.07, 6.45) is 2.57. The van der Waals surface area contributed by atoms with E-state index in [4.69, 9.17) is 19.9 Å². The van der Waals surface area contributed by atoms with Gasteiger partial charge in [0.1, 0.15) is 5.75 Å². The SMILES string of the molecule is NC(=O)c1ccc(OCCCN2C[C@H]3COCC[C@@]3(O)[C@@H]3COCC[C@@H]32)cc1. The third kappa shape index (κ3) is 3.89. The van der Waals surface area contributed by atoms with Crippen molar-refractivity contribution in [2.75, 3.05) is 46.1 Å². The van der Waals surface area contributed by atoms with E-state index in [9.17, 15) is 9.90 Å². The maximum absolute atomic E-state index is 11.3. The predicted molar refractivity (Wildman–Crippen MR) is 103 cm³/mol. The van der Waals surface area contributed by atoms with Gasteiger partial charge in [0.15, 0.2) is 0 Å². The normalized spacial score (nSPS) is 33.0. The minimum Gasteiger partial charge on any atom is -0.494 e. The molecule has 7 heteroatoms. The van der Waals surface area contributed by atoms with Crippen molar-refractivity contribution in [1.29, 1.82) is 0 Å². The van der Waals surface area contributed by atoms with Crippen LogP contribution in [0, 0.1) is 11.8 Å². The average Bonchev–Trinajstić information content (AvgIpc) is 2.72. The molecule has 0 spiro atoms. The highest BCUT2D eigenvalue weighted by atomic mass is 16.5. The van der Waals surface area contributed by atoms with Crippen molar-refractivity contribution >= 4 is 5.91 Å². The molecule has 28 heavy (non-hydrogen) atoms. The molecule has 0 bridgehead atoms. The maximum atomic E-state index is 11.3. The molecule has 3 heterocycles. The van der Waals surface area contributed by atoms with Crippen LogP contribution in [0.25, 0.3) is 0 Å². The Balaban J connectivity index is 1.32. The lowest BCUT2D eigenvalue weighted by molar-refractivity contribution is -0.219. The molecule has 4 rings (SSSR count). The third-order valence-electron chi connectivity index (χ3n) is 6.56. The summed E-state index contributed by atoms with van der Waals surface area (Å²) in [4.78, 5) is 13.6. The van der Waals surface area contributed by atoms with Crippen molar-refractivity contribution in [3.63, 3.8) is 0 Å². The number of aliphatic hydroxyl groups is 1. The van der Waals surface area contributed by atoms with E-state index in [1.807, 2.05) is 0 Å². The van der Waals surface area contributed by atoms with E-state index in [0.29, 0.717) is 44.5 Å². The lowest BCUT2D eigenvalue weighted by Crippen LogP contribution is -2.68. The number of nitrogens with zero attached hydrogens (tertiary/aromatic N) is 1. The predicted octanol–water partition coefficient (Wildman–Crippen LogP) is 1.04. The molecule has 3 saturated heterocycles. The van der Waals surface area contributed by atoms with Crippen LogP contribution in [0.2, 0.25) is 0 Å². The topological polar surface area (TPSA) is 94.3 Å². The molecule has 1 amide bonds. The fraction of sp³-hybridized carbons (Fsp3) is 0.667. The van der Waals surface area contributed by atoms with E-state index in [1.54, 1.807) is 24.3 Å². The summed E-state index contributed by atoms with van der Waals surface area (Å²) in [7, 11) is 0. The van der Waals surface area contributed by atoms with Crippen LogP contribution in [0.5, 0.6) is 5.75 Å². The number of fused-ring (bicyclic) bond motifs is 3. The number of nitrogens with two attached hydrogens (primary N) is 1. The molecule has 1 aromatic carbocycles. The standard InChI is InChI=1S/C21H30N2O5/c22-20(24)15-2-4-17(5-3-15)28-9-1-8-23-12-16-13-27-11-7-21(16,25)18-14-26-10-6-19(18)23/h2-5,16,18-19,25H,1,6-14H2,(H2,22,24)/t16-,18+,19-,21-/m0/s1. The van der Waals surface area contributed by atoms with Gasteiger partial charge in [-0.3, -0.25) is 9.69 Å². The smallest absolute Gasteiger partial charge is 0.248 e. The second kappa shape index (κ2) is 8.37. The highest BCUT2D eigenvalue weighted by molar-refractivity contribution is 5.92. The summed E-state index contributed by atoms with van der Waals surface area (Å²) in [5.41, 5.74) is 5.08. The Morgan fingerprint density at radius 1 is 1.25 bits per heavy atom. The first-order valence-corrected chi connectivity index (χ1v) is 10.2. The molecule has 3 fully saturated rings. The number of amides is 1. The van der Waals surface area contributed by atoms with E-state index >= 15 is 0 Å². The number of carbonyl (C=O) groups excluding carboxylic acids is 1. The van der Waals surface area contributed by atoms with Crippen LogP contribution in [-0.2, 0) is 9.47 Å². The number of likely N-dealkylation sites (tertiary alicyclic amines) is 1. The first-order valence-electron chi connectivity index (χ1n) is 10.2. The molecule has 7 nitrogen and oxygen atoms in total. The Kier molecular flexibility index (Phi) is 5.87.